The van der Waals surface area contributed by atoms with Gasteiger partial charge in [-0.2, -0.15) is 4.39 Å². The van der Waals surface area contributed by atoms with Crippen molar-refractivity contribution in [3.05, 3.63) is 24.4 Å². The predicted molar refractivity (Wildman–Crippen MR) is 93.5 cm³/mol. The van der Waals surface area contributed by atoms with Crippen molar-refractivity contribution in [2.45, 2.75) is 45.6 Å². The van der Waals surface area contributed by atoms with E-state index >= 15 is 0 Å². The van der Waals surface area contributed by atoms with Crippen LogP contribution in [-0.2, 0) is 4.74 Å². The van der Waals surface area contributed by atoms with Crippen LogP contribution in [0.4, 0.5) is 20.6 Å². The first-order chi connectivity index (χ1) is 11.7. The molecule has 1 spiro atoms. The molecule has 2 aromatic heterocycles. The number of pyridine rings is 1. The Bertz CT molecular complexity index is 827. The van der Waals surface area contributed by atoms with Gasteiger partial charge in [-0.1, -0.05) is 6.42 Å². The minimum absolute atomic E-state index is 0.441. The highest BCUT2D eigenvalue weighted by Gasteiger charge is 2.47. The molecule has 4 rings (SSSR count). The molecular formula is C18H23FN4O2. The van der Waals surface area contributed by atoms with Gasteiger partial charge in [-0.05, 0) is 39.7 Å². The van der Waals surface area contributed by atoms with Crippen molar-refractivity contribution in [2.75, 3.05) is 23.3 Å². The fourth-order valence-electron chi connectivity index (χ4n) is 3.69. The lowest BCUT2D eigenvalue weighted by Crippen LogP contribution is -2.60. The highest BCUT2D eigenvalue weighted by Crippen LogP contribution is 2.50. The van der Waals surface area contributed by atoms with E-state index in [-0.39, 0.29) is 0 Å². The van der Waals surface area contributed by atoms with Crippen molar-refractivity contribution in [1.82, 2.24) is 9.38 Å². The fraction of sp³-hybridized carbons (Fsp3) is 0.556. The number of fused-ring (bicyclic) bond motifs is 1. The van der Waals surface area contributed by atoms with Gasteiger partial charge in [-0.15, -0.1) is 0 Å². The molecule has 25 heavy (non-hydrogen) atoms. The number of carbonyl (C=O) groups is 1. The summed E-state index contributed by atoms with van der Waals surface area (Å²) >= 11 is 0. The van der Waals surface area contributed by atoms with E-state index in [1.54, 1.807) is 20.8 Å². The summed E-state index contributed by atoms with van der Waals surface area (Å²) in [6.07, 6.45) is 5.99. The Morgan fingerprint density at radius 3 is 2.68 bits per heavy atom. The zero-order valence-electron chi connectivity index (χ0n) is 14.8. The summed E-state index contributed by atoms with van der Waals surface area (Å²) in [5.74, 6) is -0.456. The number of aromatic nitrogens is 2. The topological polar surface area (TPSA) is 58.9 Å². The van der Waals surface area contributed by atoms with Gasteiger partial charge in [0, 0.05) is 24.7 Å². The van der Waals surface area contributed by atoms with Gasteiger partial charge in [0.15, 0.2) is 5.65 Å². The smallest absolute Gasteiger partial charge is 0.412 e. The van der Waals surface area contributed by atoms with Crippen molar-refractivity contribution >= 4 is 23.1 Å². The number of hydrogen-bond acceptors (Lipinski definition) is 4. The summed E-state index contributed by atoms with van der Waals surface area (Å²) < 4.78 is 20.7. The average Bonchev–Trinajstić information content (AvgIpc) is 2.75. The third kappa shape index (κ3) is 2.92. The van der Waals surface area contributed by atoms with Crippen molar-refractivity contribution < 1.29 is 13.9 Å². The highest BCUT2D eigenvalue weighted by molar-refractivity contribution is 5.87. The Labute approximate surface area is 146 Å². The number of anilines is 2. The molecule has 0 bridgehead atoms. The average molecular weight is 346 g/mol. The first-order valence-electron chi connectivity index (χ1n) is 8.66. The maximum absolute atomic E-state index is 14.1. The van der Waals surface area contributed by atoms with Gasteiger partial charge in [-0.3, -0.25) is 9.72 Å². The van der Waals surface area contributed by atoms with Gasteiger partial charge in [0.1, 0.15) is 5.60 Å². The van der Waals surface area contributed by atoms with Gasteiger partial charge in [0.2, 0.25) is 5.95 Å². The van der Waals surface area contributed by atoms with Gasteiger partial charge in [0.25, 0.3) is 0 Å². The van der Waals surface area contributed by atoms with E-state index in [4.69, 9.17) is 4.74 Å². The maximum atomic E-state index is 14.1. The molecule has 6 nitrogen and oxygen atoms in total. The van der Waals surface area contributed by atoms with Crippen LogP contribution < -0.4 is 10.2 Å². The molecule has 2 aromatic rings. The largest absolute Gasteiger partial charge is 0.444 e. The molecular weight excluding hydrogens is 323 g/mol. The quantitative estimate of drug-likeness (QED) is 0.898. The number of rotatable bonds is 2. The zero-order valence-corrected chi connectivity index (χ0v) is 14.8. The summed E-state index contributed by atoms with van der Waals surface area (Å²) in [4.78, 5) is 18.4. The van der Waals surface area contributed by atoms with E-state index in [0.29, 0.717) is 16.7 Å². The maximum Gasteiger partial charge on any atom is 0.412 e. The second-order valence-corrected chi connectivity index (χ2v) is 8.23. The molecule has 1 N–H and O–H groups in total. The lowest BCUT2D eigenvalue weighted by molar-refractivity contribution is 0.0635. The molecule has 0 unspecified atom stereocenters. The van der Waals surface area contributed by atoms with Gasteiger partial charge < -0.3 is 9.64 Å². The number of carbonyl (C=O) groups excluding carboxylic acids is 1. The zero-order chi connectivity index (χ0) is 17.8. The summed E-state index contributed by atoms with van der Waals surface area (Å²) in [7, 11) is 0. The van der Waals surface area contributed by atoms with Crippen LogP contribution in [0.15, 0.2) is 18.5 Å². The molecule has 1 aliphatic carbocycles. The second-order valence-electron chi connectivity index (χ2n) is 8.23. The molecule has 1 saturated heterocycles. The van der Waals surface area contributed by atoms with Crippen LogP contribution in [0.5, 0.6) is 0 Å². The molecule has 0 aromatic carbocycles. The number of ether oxygens (including phenoxy) is 1. The third-order valence-electron chi connectivity index (χ3n) is 4.99. The number of amides is 1. The van der Waals surface area contributed by atoms with E-state index in [2.05, 4.69) is 15.2 Å². The minimum Gasteiger partial charge on any atom is -0.444 e. The predicted octanol–water partition coefficient (Wildman–Crippen LogP) is 3.81. The molecule has 134 valence electrons. The normalized spacial score (nSPS) is 18.8. The number of imidazole rings is 1. The van der Waals surface area contributed by atoms with Gasteiger partial charge >= 0.3 is 6.09 Å². The van der Waals surface area contributed by atoms with E-state index in [1.807, 2.05) is 6.07 Å². The standard InChI is InChI=1S/C18H23FN4O2/c1-17(2,3)25-16(24)21-12-7-13(15-20-8-14(19)23(15)9-12)22-10-18(11-22)5-4-6-18/h7-9H,4-6,10-11H2,1-3H3,(H,21,24). The highest BCUT2D eigenvalue weighted by atomic mass is 19.1. The van der Waals surface area contributed by atoms with Crippen molar-refractivity contribution in [3.63, 3.8) is 0 Å². The van der Waals surface area contributed by atoms with Crippen molar-refractivity contribution in [2.24, 2.45) is 5.41 Å². The molecule has 1 amide bonds. The number of nitrogens with one attached hydrogen (secondary N) is 1. The number of nitrogens with zero attached hydrogens (tertiary/aromatic N) is 3. The Hall–Kier alpha value is -2.31. The van der Waals surface area contributed by atoms with Crippen LogP contribution in [0.3, 0.4) is 0 Å². The minimum atomic E-state index is -0.592. The Morgan fingerprint density at radius 1 is 1.36 bits per heavy atom. The van der Waals surface area contributed by atoms with E-state index < -0.39 is 17.6 Å². The van der Waals surface area contributed by atoms with E-state index in [9.17, 15) is 9.18 Å². The van der Waals surface area contributed by atoms with Gasteiger partial charge in [-0.25, -0.2) is 9.78 Å². The third-order valence-corrected chi connectivity index (χ3v) is 4.99. The van der Waals surface area contributed by atoms with Crippen molar-refractivity contribution in [1.29, 1.82) is 0 Å². The van der Waals surface area contributed by atoms with Crippen LogP contribution in [0, 0.1) is 11.4 Å². The SMILES string of the molecule is CC(C)(C)OC(=O)Nc1cc(N2CC3(CCC3)C2)c2ncc(F)n2c1. The molecule has 1 saturated carbocycles. The Morgan fingerprint density at radius 2 is 2.08 bits per heavy atom. The first-order valence-corrected chi connectivity index (χ1v) is 8.66. The lowest BCUT2D eigenvalue weighted by atomic mass is 9.63. The van der Waals surface area contributed by atoms with Crippen LogP contribution >= 0.6 is 0 Å². The molecule has 3 heterocycles. The number of hydrogen-bond donors (Lipinski definition) is 1. The van der Waals surface area contributed by atoms with Crippen LogP contribution in [0.1, 0.15) is 40.0 Å². The molecule has 1 aliphatic heterocycles. The summed E-state index contributed by atoms with van der Waals surface area (Å²) in [5.41, 5.74) is 1.75. The van der Waals surface area contributed by atoms with E-state index in [1.165, 1.54) is 36.1 Å². The number of halogens is 1. The van der Waals surface area contributed by atoms with Crippen LogP contribution in [0.2, 0.25) is 0 Å². The van der Waals surface area contributed by atoms with Crippen LogP contribution in [0.25, 0.3) is 5.65 Å². The van der Waals surface area contributed by atoms with Gasteiger partial charge in [0.05, 0.1) is 17.6 Å². The van der Waals surface area contributed by atoms with Crippen molar-refractivity contribution in [3.8, 4) is 0 Å². The summed E-state index contributed by atoms with van der Waals surface area (Å²) in [6.45, 7) is 7.33. The Balaban J connectivity index is 1.62. The molecule has 7 heteroatoms. The summed E-state index contributed by atoms with van der Waals surface area (Å²) in [5, 5.41) is 2.70. The van der Waals surface area contributed by atoms with Crippen LogP contribution in [-0.4, -0.2) is 34.2 Å². The fourth-order valence-corrected chi connectivity index (χ4v) is 3.69. The summed E-state index contributed by atoms with van der Waals surface area (Å²) in [6, 6.07) is 1.84. The molecule has 2 aliphatic rings. The van der Waals surface area contributed by atoms with E-state index in [0.717, 1.165) is 18.8 Å². The lowest BCUT2D eigenvalue weighted by Gasteiger charge is -2.56. The molecule has 2 fully saturated rings. The first kappa shape index (κ1) is 16.2. The second kappa shape index (κ2) is 5.34. The molecule has 0 radical (unpaired) electrons. The monoisotopic (exact) mass is 346 g/mol. The Kier molecular flexibility index (Phi) is 3.46. The molecule has 0 atom stereocenters.